The number of hydrogen-bond donors (Lipinski definition) is 2. The van der Waals surface area contributed by atoms with E-state index in [-0.39, 0.29) is 35.6 Å². The molecule has 1 aliphatic heterocycles. The summed E-state index contributed by atoms with van der Waals surface area (Å²) < 4.78 is 0. The minimum Gasteiger partial charge on any atom is -0.398 e. The maximum absolute atomic E-state index is 12.5. The van der Waals surface area contributed by atoms with Crippen LogP contribution in [0.25, 0.3) is 0 Å². The Labute approximate surface area is 121 Å². The molecule has 3 N–H and O–H groups in total. The summed E-state index contributed by atoms with van der Waals surface area (Å²) in [5.41, 5.74) is 6.17. The van der Waals surface area contributed by atoms with Gasteiger partial charge in [-0.2, -0.15) is 0 Å². The van der Waals surface area contributed by atoms with Crippen molar-refractivity contribution in [2.24, 2.45) is 0 Å². The molecule has 1 fully saturated rings. The molecule has 2 rings (SSSR count). The van der Waals surface area contributed by atoms with Gasteiger partial charge >= 0.3 is 0 Å². The van der Waals surface area contributed by atoms with Gasteiger partial charge in [0.15, 0.2) is 6.29 Å². The van der Waals surface area contributed by atoms with Crippen molar-refractivity contribution in [2.75, 3.05) is 12.8 Å². The molecule has 7 heteroatoms. The normalized spacial score (nSPS) is 18.0. The predicted octanol–water partition coefficient (Wildman–Crippen LogP) is -0.0415. The van der Waals surface area contributed by atoms with Crippen molar-refractivity contribution < 1.29 is 19.2 Å². The number of nitrogens with zero attached hydrogens (tertiary/aromatic N) is 1. The van der Waals surface area contributed by atoms with Gasteiger partial charge in [-0.05, 0) is 12.5 Å². The highest BCUT2D eigenvalue weighted by molar-refractivity contribution is 6.08. The van der Waals surface area contributed by atoms with Gasteiger partial charge < -0.3 is 10.6 Å². The van der Waals surface area contributed by atoms with Crippen molar-refractivity contribution in [1.29, 1.82) is 0 Å². The fourth-order valence-corrected chi connectivity index (χ4v) is 2.30. The van der Waals surface area contributed by atoms with Crippen LogP contribution in [0.2, 0.25) is 0 Å². The Bertz CT molecular complexity index is 627. The van der Waals surface area contributed by atoms with E-state index in [1.165, 1.54) is 24.1 Å². The Hall–Kier alpha value is -2.70. The minimum absolute atomic E-state index is 0.0692. The van der Waals surface area contributed by atoms with Crippen LogP contribution in [-0.2, 0) is 9.59 Å². The number of nitrogen functional groups attached to an aromatic ring is 1. The maximum atomic E-state index is 12.5. The highest BCUT2D eigenvalue weighted by Gasteiger charge is 2.33. The van der Waals surface area contributed by atoms with Crippen molar-refractivity contribution in [3.63, 3.8) is 0 Å². The standard InChI is InChI=1S/C14H15N3O4/c1-17(10-5-6-11(19)16-13(10)20)14(21)12-8(7-18)3-2-4-9(12)15/h2-4,7,10H,5-6,15H2,1H3,(H,16,19,20). The van der Waals surface area contributed by atoms with Crippen molar-refractivity contribution in [2.45, 2.75) is 18.9 Å². The average molecular weight is 289 g/mol. The summed E-state index contributed by atoms with van der Waals surface area (Å²) in [6.45, 7) is 0. The van der Waals surface area contributed by atoms with Crippen LogP contribution in [0.15, 0.2) is 18.2 Å². The summed E-state index contributed by atoms with van der Waals surface area (Å²) in [5.74, 6) is -1.40. The molecule has 1 aromatic carbocycles. The van der Waals surface area contributed by atoms with Gasteiger partial charge in [0.2, 0.25) is 11.8 Å². The second-order valence-corrected chi connectivity index (χ2v) is 4.81. The summed E-state index contributed by atoms with van der Waals surface area (Å²) in [5, 5.41) is 2.19. The fraction of sp³-hybridized carbons (Fsp3) is 0.286. The molecule has 0 spiro atoms. The molecule has 7 nitrogen and oxygen atoms in total. The number of hydrogen-bond acceptors (Lipinski definition) is 5. The van der Waals surface area contributed by atoms with Crippen LogP contribution in [0, 0.1) is 0 Å². The number of carbonyl (C=O) groups excluding carboxylic acids is 4. The third kappa shape index (κ3) is 2.76. The first kappa shape index (κ1) is 14.7. The van der Waals surface area contributed by atoms with E-state index >= 15 is 0 Å². The molecule has 1 saturated heterocycles. The molecule has 0 aliphatic carbocycles. The van der Waals surface area contributed by atoms with Crippen molar-refractivity contribution in [3.8, 4) is 0 Å². The molecule has 0 saturated carbocycles. The van der Waals surface area contributed by atoms with E-state index in [1.54, 1.807) is 6.07 Å². The summed E-state index contributed by atoms with van der Waals surface area (Å²) in [6, 6.07) is 3.81. The smallest absolute Gasteiger partial charge is 0.257 e. The van der Waals surface area contributed by atoms with E-state index in [2.05, 4.69) is 5.32 Å². The van der Waals surface area contributed by atoms with Gasteiger partial charge in [-0.15, -0.1) is 0 Å². The molecule has 1 aliphatic rings. The number of nitrogens with two attached hydrogens (primary N) is 1. The maximum Gasteiger partial charge on any atom is 0.257 e. The van der Waals surface area contributed by atoms with Crippen LogP contribution in [-0.4, -0.2) is 42.0 Å². The molecule has 0 radical (unpaired) electrons. The molecule has 1 aromatic rings. The van der Waals surface area contributed by atoms with Gasteiger partial charge in [-0.1, -0.05) is 12.1 Å². The van der Waals surface area contributed by atoms with E-state index in [0.29, 0.717) is 6.29 Å². The topological polar surface area (TPSA) is 110 Å². The van der Waals surface area contributed by atoms with Crippen LogP contribution < -0.4 is 11.1 Å². The lowest BCUT2D eigenvalue weighted by Gasteiger charge is -2.30. The monoisotopic (exact) mass is 289 g/mol. The number of piperidine rings is 1. The van der Waals surface area contributed by atoms with Gasteiger partial charge in [-0.3, -0.25) is 24.5 Å². The molecular formula is C14H15N3O4. The van der Waals surface area contributed by atoms with E-state index in [1.807, 2.05) is 0 Å². The predicted molar refractivity (Wildman–Crippen MR) is 74.5 cm³/mol. The lowest BCUT2D eigenvalue weighted by molar-refractivity contribution is -0.136. The molecule has 0 aromatic heterocycles. The first-order valence-electron chi connectivity index (χ1n) is 6.40. The number of imide groups is 1. The van der Waals surface area contributed by atoms with Crippen LogP contribution in [0.1, 0.15) is 33.6 Å². The lowest BCUT2D eigenvalue weighted by atomic mass is 10.0. The molecule has 0 bridgehead atoms. The summed E-state index contributed by atoms with van der Waals surface area (Å²) in [7, 11) is 1.45. The largest absolute Gasteiger partial charge is 0.398 e. The molecular weight excluding hydrogens is 274 g/mol. The summed E-state index contributed by atoms with van der Waals surface area (Å²) in [4.78, 5) is 47.7. The quantitative estimate of drug-likeness (QED) is 0.461. The summed E-state index contributed by atoms with van der Waals surface area (Å²) in [6.07, 6.45) is 0.955. The summed E-state index contributed by atoms with van der Waals surface area (Å²) >= 11 is 0. The van der Waals surface area contributed by atoms with Gasteiger partial charge in [0.25, 0.3) is 5.91 Å². The molecule has 3 amide bonds. The average Bonchev–Trinajstić information content (AvgIpc) is 2.45. The van der Waals surface area contributed by atoms with E-state index in [9.17, 15) is 19.2 Å². The highest BCUT2D eigenvalue weighted by atomic mass is 16.2. The number of amides is 3. The van der Waals surface area contributed by atoms with Crippen LogP contribution in [0.3, 0.4) is 0 Å². The third-order valence-corrected chi connectivity index (χ3v) is 3.47. The van der Waals surface area contributed by atoms with Crippen molar-refractivity contribution in [3.05, 3.63) is 29.3 Å². The minimum atomic E-state index is -0.755. The number of carbonyl (C=O) groups is 4. The number of rotatable bonds is 3. The third-order valence-electron chi connectivity index (χ3n) is 3.47. The number of aldehydes is 1. The fourth-order valence-electron chi connectivity index (χ4n) is 2.30. The molecule has 110 valence electrons. The van der Waals surface area contributed by atoms with Crippen LogP contribution in [0.5, 0.6) is 0 Å². The van der Waals surface area contributed by atoms with Crippen molar-refractivity contribution >= 4 is 29.7 Å². The van der Waals surface area contributed by atoms with Gasteiger partial charge in [0.1, 0.15) is 6.04 Å². The highest BCUT2D eigenvalue weighted by Crippen LogP contribution is 2.20. The Morgan fingerprint density at radius 1 is 1.43 bits per heavy atom. The number of benzene rings is 1. The van der Waals surface area contributed by atoms with E-state index < -0.39 is 17.9 Å². The first-order valence-corrected chi connectivity index (χ1v) is 6.40. The van der Waals surface area contributed by atoms with Gasteiger partial charge in [-0.25, -0.2) is 0 Å². The molecule has 1 heterocycles. The van der Waals surface area contributed by atoms with Crippen molar-refractivity contribution in [1.82, 2.24) is 10.2 Å². The zero-order valence-corrected chi connectivity index (χ0v) is 11.5. The first-order chi connectivity index (χ1) is 9.95. The van der Waals surface area contributed by atoms with Gasteiger partial charge in [0.05, 0.1) is 5.56 Å². The Balaban J connectivity index is 2.30. The molecule has 21 heavy (non-hydrogen) atoms. The molecule has 1 unspecified atom stereocenters. The zero-order valence-electron chi connectivity index (χ0n) is 11.5. The van der Waals surface area contributed by atoms with E-state index in [0.717, 1.165) is 0 Å². The number of likely N-dealkylation sites (N-methyl/N-ethyl adjacent to an activating group) is 1. The van der Waals surface area contributed by atoms with Crippen LogP contribution >= 0.6 is 0 Å². The van der Waals surface area contributed by atoms with Gasteiger partial charge in [0, 0.05) is 24.7 Å². The zero-order chi connectivity index (χ0) is 15.6. The lowest BCUT2D eigenvalue weighted by Crippen LogP contribution is -2.53. The second kappa shape index (κ2) is 5.74. The number of anilines is 1. The second-order valence-electron chi connectivity index (χ2n) is 4.81. The molecule has 1 atom stereocenters. The Kier molecular flexibility index (Phi) is 4.02. The Morgan fingerprint density at radius 2 is 2.14 bits per heavy atom. The number of nitrogens with one attached hydrogen (secondary N) is 1. The van der Waals surface area contributed by atoms with E-state index in [4.69, 9.17) is 5.73 Å². The van der Waals surface area contributed by atoms with Crippen LogP contribution in [0.4, 0.5) is 5.69 Å². The Morgan fingerprint density at radius 3 is 2.76 bits per heavy atom. The SMILES string of the molecule is CN(C(=O)c1c(N)cccc1C=O)C1CCC(=O)NC1=O.